The van der Waals surface area contributed by atoms with Crippen molar-refractivity contribution in [3.8, 4) is 0 Å². The molecule has 0 spiro atoms. The molecule has 150 valence electrons. The molecule has 0 aliphatic carbocycles. The molecule has 6 heteroatoms. The summed E-state index contributed by atoms with van der Waals surface area (Å²) in [5.74, 6) is 0.860. The molecule has 0 heterocycles. The summed E-state index contributed by atoms with van der Waals surface area (Å²) in [6.07, 6.45) is 0. The molecular formula is C22H27ClN2O2S. The van der Waals surface area contributed by atoms with Crippen LogP contribution in [-0.2, 0) is 21.9 Å². The van der Waals surface area contributed by atoms with Crippen LogP contribution in [0.25, 0.3) is 0 Å². The molecule has 0 saturated heterocycles. The van der Waals surface area contributed by atoms with Gasteiger partial charge in [-0.1, -0.05) is 53.6 Å². The van der Waals surface area contributed by atoms with E-state index in [9.17, 15) is 9.59 Å². The van der Waals surface area contributed by atoms with Crippen molar-refractivity contribution in [3.63, 3.8) is 0 Å². The van der Waals surface area contributed by atoms with E-state index >= 15 is 0 Å². The lowest BCUT2D eigenvalue weighted by Gasteiger charge is -2.28. The van der Waals surface area contributed by atoms with Crippen LogP contribution < -0.4 is 5.32 Å². The van der Waals surface area contributed by atoms with Crippen LogP contribution in [0.15, 0.2) is 48.5 Å². The van der Waals surface area contributed by atoms with E-state index < -0.39 is 6.04 Å². The Labute approximate surface area is 176 Å². The molecule has 0 aliphatic heterocycles. The van der Waals surface area contributed by atoms with Crippen LogP contribution >= 0.6 is 23.4 Å². The third kappa shape index (κ3) is 6.88. The summed E-state index contributed by atoms with van der Waals surface area (Å²) in [7, 11) is 0. The monoisotopic (exact) mass is 418 g/mol. The number of hydrogen-bond acceptors (Lipinski definition) is 3. The first-order chi connectivity index (χ1) is 13.4. The Hall–Kier alpha value is -1.98. The van der Waals surface area contributed by atoms with Crippen LogP contribution in [0.2, 0.25) is 5.02 Å². The fourth-order valence-electron chi connectivity index (χ4n) is 2.71. The highest BCUT2D eigenvalue weighted by Crippen LogP contribution is 2.18. The van der Waals surface area contributed by atoms with E-state index in [1.807, 2.05) is 62.4 Å². The van der Waals surface area contributed by atoms with Gasteiger partial charge in [0.25, 0.3) is 0 Å². The van der Waals surface area contributed by atoms with Crippen molar-refractivity contribution in [1.82, 2.24) is 10.2 Å². The normalized spacial score (nSPS) is 11.7. The molecule has 0 saturated carbocycles. The van der Waals surface area contributed by atoms with Crippen LogP contribution in [0.5, 0.6) is 0 Å². The molecule has 2 amide bonds. The fourth-order valence-corrected chi connectivity index (χ4v) is 3.71. The molecule has 1 atom stereocenters. The lowest BCUT2D eigenvalue weighted by Crippen LogP contribution is -2.48. The number of nitrogens with one attached hydrogen (secondary N) is 1. The van der Waals surface area contributed by atoms with Gasteiger partial charge in [-0.25, -0.2) is 0 Å². The highest BCUT2D eigenvalue weighted by atomic mass is 35.5. The third-order valence-corrected chi connectivity index (χ3v) is 5.64. The zero-order chi connectivity index (χ0) is 20.5. The van der Waals surface area contributed by atoms with Crippen LogP contribution in [0.1, 0.15) is 30.5 Å². The summed E-state index contributed by atoms with van der Waals surface area (Å²) in [6, 6.07) is 15.1. The van der Waals surface area contributed by atoms with Crippen molar-refractivity contribution in [2.45, 2.75) is 39.1 Å². The number of nitrogens with zero attached hydrogens (tertiary/aromatic N) is 1. The van der Waals surface area contributed by atoms with Crippen molar-refractivity contribution in [2.75, 3.05) is 12.3 Å². The Kier molecular flexibility index (Phi) is 8.87. The minimum absolute atomic E-state index is 0.0432. The van der Waals surface area contributed by atoms with E-state index in [0.29, 0.717) is 23.9 Å². The van der Waals surface area contributed by atoms with Crippen LogP contribution in [-0.4, -0.2) is 35.1 Å². The Morgan fingerprint density at radius 2 is 1.68 bits per heavy atom. The number of benzene rings is 2. The van der Waals surface area contributed by atoms with Gasteiger partial charge in [0.05, 0.1) is 5.75 Å². The van der Waals surface area contributed by atoms with Crippen molar-refractivity contribution in [2.24, 2.45) is 0 Å². The molecule has 0 unspecified atom stereocenters. The zero-order valence-electron chi connectivity index (χ0n) is 16.6. The molecule has 1 N–H and O–H groups in total. The van der Waals surface area contributed by atoms with Gasteiger partial charge in [-0.2, -0.15) is 0 Å². The standard InChI is InChI=1S/C22H27ClN2O2S/c1-4-24-22(27)17(3)25(13-18-7-5-16(2)6-8-18)21(26)15-28-14-19-9-11-20(23)12-10-19/h5-12,17H,4,13-15H2,1-3H3,(H,24,27)/t17-/m0/s1. The average molecular weight is 419 g/mol. The maximum absolute atomic E-state index is 12.9. The minimum atomic E-state index is -0.523. The van der Waals surface area contributed by atoms with Gasteiger partial charge in [-0.05, 0) is 44.0 Å². The fraction of sp³-hybridized carbons (Fsp3) is 0.364. The maximum Gasteiger partial charge on any atom is 0.242 e. The van der Waals surface area contributed by atoms with Crippen LogP contribution in [0, 0.1) is 6.92 Å². The van der Waals surface area contributed by atoms with E-state index in [4.69, 9.17) is 11.6 Å². The summed E-state index contributed by atoms with van der Waals surface area (Å²) in [5, 5.41) is 3.51. The minimum Gasteiger partial charge on any atom is -0.355 e. The van der Waals surface area contributed by atoms with Gasteiger partial charge in [-0.3, -0.25) is 9.59 Å². The van der Waals surface area contributed by atoms with Gasteiger partial charge in [0.1, 0.15) is 6.04 Å². The second-order valence-corrected chi connectivity index (χ2v) is 8.12. The number of likely N-dealkylation sites (N-methyl/N-ethyl adjacent to an activating group) is 1. The van der Waals surface area contributed by atoms with Crippen LogP contribution in [0.3, 0.4) is 0 Å². The van der Waals surface area contributed by atoms with Gasteiger partial charge < -0.3 is 10.2 Å². The van der Waals surface area contributed by atoms with Gasteiger partial charge in [0.15, 0.2) is 0 Å². The Morgan fingerprint density at radius 3 is 2.29 bits per heavy atom. The maximum atomic E-state index is 12.9. The molecule has 2 aromatic rings. The summed E-state index contributed by atoms with van der Waals surface area (Å²) >= 11 is 7.45. The molecule has 4 nitrogen and oxygen atoms in total. The number of aryl methyl sites for hydroxylation is 1. The predicted molar refractivity (Wildman–Crippen MR) is 117 cm³/mol. The molecule has 0 bridgehead atoms. The zero-order valence-corrected chi connectivity index (χ0v) is 18.1. The molecule has 2 rings (SSSR count). The largest absolute Gasteiger partial charge is 0.355 e. The molecule has 0 radical (unpaired) electrons. The number of carbonyl (C=O) groups is 2. The van der Waals surface area contributed by atoms with Gasteiger partial charge in [-0.15, -0.1) is 11.8 Å². The van der Waals surface area contributed by atoms with E-state index in [1.54, 1.807) is 11.8 Å². The Bertz CT molecular complexity index is 778. The average Bonchev–Trinajstić information content (AvgIpc) is 2.68. The molecule has 28 heavy (non-hydrogen) atoms. The molecular weight excluding hydrogens is 392 g/mol. The summed E-state index contributed by atoms with van der Waals surface area (Å²) in [6.45, 7) is 6.64. The van der Waals surface area contributed by atoms with Crippen molar-refractivity contribution >= 4 is 35.2 Å². The highest BCUT2D eigenvalue weighted by molar-refractivity contribution is 7.99. The van der Waals surface area contributed by atoms with Gasteiger partial charge in [0.2, 0.25) is 11.8 Å². The van der Waals surface area contributed by atoms with Crippen molar-refractivity contribution < 1.29 is 9.59 Å². The number of thioether (sulfide) groups is 1. The first-order valence-corrected chi connectivity index (χ1v) is 10.9. The molecule has 0 fully saturated rings. The Balaban J connectivity index is 2.03. The lowest BCUT2D eigenvalue weighted by atomic mass is 10.1. The van der Waals surface area contributed by atoms with Crippen molar-refractivity contribution in [1.29, 1.82) is 0 Å². The second-order valence-electron chi connectivity index (χ2n) is 6.70. The number of hydrogen-bond donors (Lipinski definition) is 1. The van der Waals surface area contributed by atoms with Crippen molar-refractivity contribution in [3.05, 3.63) is 70.2 Å². The molecule has 0 aromatic heterocycles. The number of rotatable bonds is 9. The topological polar surface area (TPSA) is 49.4 Å². The quantitative estimate of drug-likeness (QED) is 0.655. The summed E-state index contributed by atoms with van der Waals surface area (Å²) in [4.78, 5) is 26.9. The number of amides is 2. The summed E-state index contributed by atoms with van der Waals surface area (Å²) in [5.41, 5.74) is 3.29. The van der Waals surface area contributed by atoms with E-state index in [1.165, 1.54) is 11.8 Å². The van der Waals surface area contributed by atoms with E-state index in [-0.39, 0.29) is 11.8 Å². The summed E-state index contributed by atoms with van der Waals surface area (Å²) < 4.78 is 0. The SMILES string of the molecule is CCNC(=O)[C@H](C)N(Cc1ccc(C)cc1)C(=O)CSCc1ccc(Cl)cc1. The second kappa shape index (κ2) is 11.1. The third-order valence-electron chi connectivity index (χ3n) is 4.40. The number of carbonyl (C=O) groups excluding carboxylic acids is 2. The molecule has 2 aromatic carbocycles. The first kappa shape index (κ1) is 22.3. The van der Waals surface area contributed by atoms with E-state index in [2.05, 4.69) is 5.32 Å². The number of halogens is 1. The highest BCUT2D eigenvalue weighted by Gasteiger charge is 2.25. The Morgan fingerprint density at radius 1 is 1.07 bits per heavy atom. The predicted octanol–water partition coefficient (Wildman–Crippen LogP) is 4.44. The van der Waals surface area contributed by atoms with E-state index in [0.717, 1.165) is 22.4 Å². The van der Waals surface area contributed by atoms with Gasteiger partial charge in [0, 0.05) is 23.9 Å². The van der Waals surface area contributed by atoms with Crippen LogP contribution in [0.4, 0.5) is 0 Å². The van der Waals surface area contributed by atoms with Gasteiger partial charge >= 0.3 is 0 Å². The molecule has 0 aliphatic rings. The lowest BCUT2D eigenvalue weighted by molar-refractivity contribution is -0.138. The smallest absolute Gasteiger partial charge is 0.242 e. The first-order valence-electron chi connectivity index (χ1n) is 9.35.